The maximum atomic E-state index is 13.2. The number of carbonyl (C=O) groups excluding carboxylic acids is 1. The fourth-order valence-corrected chi connectivity index (χ4v) is 3.77. The lowest BCUT2D eigenvalue weighted by molar-refractivity contribution is -0.119. The number of rotatable bonds is 6. The summed E-state index contributed by atoms with van der Waals surface area (Å²) in [4.78, 5) is 21.4. The van der Waals surface area contributed by atoms with E-state index in [0.717, 1.165) is 22.2 Å². The van der Waals surface area contributed by atoms with E-state index in [1.165, 1.54) is 29.5 Å². The van der Waals surface area contributed by atoms with Crippen LogP contribution in [0.5, 0.6) is 0 Å². The standard InChI is InChI=1S/C17H16FN5OS2/c18-11-5-3-10(4-6-11)16(12-2-1-7-25-12)23-15(24)9-26-17-21-13(19)8-14(20)22-17/h1-8,16H,9H2,(H,23,24)(H4,19,20,21,22)/t16-/m0/s1. The lowest BCUT2D eigenvalue weighted by Crippen LogP contribution is -2.30. The number of carbonyl (C=O) groups is 1. The monoisotopic (exact) mass is 389 g/mol. The lowest BCUT2D eigenvalue weighted by atomic mass is 10.1. The topological polar surface area (TPSA) is 107 Å². The minimum Gasteiger partial charge on any atom is -0.383 e. The predicted molar refractivity (Wildman–Crippen MR) is 102 cm³/mol. The number of halogens is 1. The number of anilines is 2. The van der Waals surface area contributed by atoms with Crippen LogP contribution >= 0.6 is 23.1 Å². The highest BCUT2D eigenvalue weighted by Gasteiger charge is 2.18. The number of nitrogens with two attached hydrogens (primary N) is 2. The molecule has 3 rings (SSSR count). The third-order valence-electron chi connectivity index (χ3n) is 3.41. The number of nitrogen functional groups attached to an aromatic ring is 2. The summed E-state index contributed by atoms with van der Waals surface area (Å²) in [6, 6.07) is 11.0. The highest BCUT2D eigenvalue weighted by Crippen LogP contribution is 2.26. The summed E-state index contributed by atoms with van der Waals surface area (Å²) in [5.74, 6) is 0.0806. The van der Waals surface area contributed by atoms with Crippen LogP contribution in [0, 0.1) is 5.82 Å². The molecule has 0 fully saturated rings. The van der Waals surface area contributed by atoms with Crippen LogP contribution in [0.2, 0.25) is 0 Å². The Morgan fingerprint density at radius 1 is 1.19 bits per heavy atom. The first-order chi connectivity index (χ1) is 12.5. The van der Waals surface area contributed by atoms with Crippen molar-refractivity contribution >= 4 is 40.6 Å². The molecule has 1 atom stereocenters. The van der Waals surface area contributed by atoms with Gasteiger partial charge in [-0.05, 0) is 29.1 Å². The Bertz CT molecular complexity index is 866. The average Bonchev–Trinajstić information content (AvgIpc) is 3.12. The van der Waals surface area contributed by atoms with E-state index in [0.29, 0.717) is 5.16 Å². The van der Waals surface area contributed by atoms with Gasteiger partial charge in [0.2, 0.25) is 5.91 Å². The molecule has 6 nitrogen and oxygen atoms in total. The SMILES string of the molecule is Nc1cc(N)nc(SCC(=O)N[C@@H](c2ccc(F)cc2)c2cccs2)n1. The van der Waals surface area contributed by atoms with Gasteiger partial charge in [0.05, 0.1) is 11.8 Å². The summed E-state index contributed by atoms with van der Waals surface area (Å²) in [7, 11) is 0. The first kappa shape index (κ1) is 18.2. The number of aromatic nitrogens is 2. The first-order valence-electron chi connectivity index (χ1n) is 7.62. The van der Waals surface area contributed by atoms with Gasteiger partial charge >= 0.3 is 0 Å². The van der Waals surface area contributed by atoms with Crippen molar-refractivity contribution in [1.29, 1.82) is 0 Å². The fraction of sp³-hybridized carbons (Fsp3) is 0.118. The molecule has 2 aromatic heterocycles. The second-order valence-electron chi connectivity index (χ2n) is 5.36. The number of hydrogen-bond donors (Lipinski definition) is 3. The Labute approximate surface area is 157 Å². The molecule has 1 amide bonds. The first-order valence-corrected chi connectivity index (χ1v) is 9.49. The van der Waals surface area contributed by atoms with Gasteiger partial charge in [-0.1, -0.05) is 30.0 Å². The molecule has 134 valence electrons. The molecule has 1 aromatic carbocycles. The summed E-state index contributed by atoms with van der Waals surface area (Å²) in [6.45, 7) is 0. The van der Waals surface area contributed by atoms with Crippen molar-refractivity contribution < 1.29 is 9.18 Å². The van der Waals surface area contributed by atoms with Crippen LogP contribution in [0.4, 0.5) is 16.0 Å². The molecule has 0 saturated heterocycles. The van der Waals surface area contributed by atoms with Crippen LogP contribution in [-0.4, -0.2) is 21.6 Å². The Kier molecular flexibility index (Phi) is 5.69. The van der Waals surface area contributed by atoms with Crippen LogP contribution in [0.15, 0.2) is 53.0 Å². The molecular weight excluding hydrogens is 373 g/mol. The zero-order chi connectivity index (χ0) is 18.5. The number of hydrogen-bond acceptors (Lipinski definition) is 7. The predicted octanol–water partition coefficient (Wildman–Crippen LogP) is 2.84. The Balaban J connectivity index is 1.70. The van der Waals surface area contributed by atoms with Gasteiger partial charge in [0.25, 0.3) is 0 Å². The molecule has 0 radical (unpaired) electrons. The highest BCUT2D eigenvalue weighted by atomic mass is 32.2. The summed E-state index contributed by atoms with van der Waals surface area (Å²) in [6.07, 6.45) is 0. The number of amides is 1. The Morgan fingerprint density at radius 3 is 2.50 bits per heavy atom. The molecule has 0 aliphatic rings. The van der Waals surface area contributed by atoms with Crippen molar-refractivity contribution in [2.75, 3.05) is 17.2 Å². The van der Waals surface area contributed by atoms with Crippen LogP contribution in [-0.2, 0) is 4.79 Å². The second-order valence-corrected chi connectivity index (χ2v) is 7.28. The van der Waals surface area contributed by atoms with Crippen LogP contribution in [0.1, 0.15) is 16.5 Å². The molecule has 3 aromatic rings. The molecule has 0 spiro atoms. The van der Waals surface area contributed by atoms with E-state index in [9.17, 15) is 9.18 Å². The van der Waals surface area contributed by atoms with Crippen molar-refractivity contribution in [2.45, 2.75) is 11.2 Å². The summed E-state index contributed by atoms with van der Waals surface area (Å²) < 4.78 is 13.2. The minimum absolute atomic E-state index is 0.103. The van der Waals surface area contributed by atoms with E-state index < -0.39 is 0 Å². The third kappa shape index (κ3) is 4.70. The van der Waals surface area contributed by atoms with E-state index >= 15 is 0 Å². The fourth-order valence-electron chi connectivity index (χ4n) is 2.29. The Hall–Kier alpha value is -2.65. The molecule has 0 bridgehead atoms. The number of nitrogens with zero attached hydrogens (tertiary/aromatic N) is 2. The van der Waals surface area contributed by atoms with E-state index in [-0.39, 0.29) is 35.2 Å². The molecule has 9 heteroatoms. The number of thioether (sulfide) groups is 1. The molecule has 0 aliphatic heterocycles. The third-order valence-corrected chi connectivity index (χ3v) is 5.20. The van der Waals surface area contributed by atoms with Crippen LogP contribution in [0.25, 0.3) is 0 Å². The van der Waals surface area contributed by atoms with Crippen molar-refractivity contribution in [2.24, 2.45) is 0 Å². The Morgan fingerprint density at radius 2 is 1.88 bits per heavy atom. The molecular formula is C17H16FN5OS2. The normalized spacial score (nSPS) is 11.9. The zero-order valence-electron chi connectivity index (χ0n) is 13.6. The largest absolute Gasteiger partial charge is 0.383 e. The lowest BCUT2D eigenvalue weighted by Gasteiger charge is -2.18. The molecule has 0 aliphatic carbocycles. The van der Waals surface area contributed by atoms with Crippen molar-refractivity contribution in [3.63, 3.8) is 0 Å². The molecule has 5 N–H and O–H groups in total. The molecule has 26 heavy (non-hydrogen) atoms. The highest BCUT2D eigenvalue weighted by molar-refractivity contribution is 7.99. The van der Waals surface area contributed by atoms with Gasteiger partial charge in [-0.2, -0.15) is 0 Å². The number of nitrogens with one attached hydrogen (secondary N) is 1. The van der Waals surface area contributed by atoms with Gasteiger partial charge in [-0.25, -0.2) is 14.4 Å². The number of benzene rings is 1. The van der Waals surface area contributed by atoms with Gasteiger partial charge < -0.3 is 16.8 Å². The second kappa shape index (κ2) is 8.15. The molecule has 0 saturated carbocycles. The van der Waals surface area contributed by atoms with Gasteiger partial charge in [-0.3, -0.25) is 4.79 Å². The van der Waals surface area contributed by atoms with Crippen molar-refractivity contribution in [3.8, 4) is 0 Å². The summed E-state index contributed by atoms with van der Waals surface area (Å²) >= 11 is 2.66. The zero-order valence-corrected chi connectivity index (χ0v) is 15.2. The minimum atomic E-state index is -0.351. The van der Waals surface area contributed by atoms with E-state index in [4.69, 9.17) is 11.5 Å². The quantitative estimate of drug-likeness (QED) is 0.442. The molecule has 0 unspecified atom stereocenters. The maximum Gasteiger partial charge on any atom is 0.231 e. The van der Waals surface area contributed by atoms with Gasteiger partial charge in [0.1, 0.15) is 17.5 Å². The van der Waals surface area contributed by atoms with Gasteiger partial charge in [0.15, 0.2) is 5.16 Å². The average molecular weight is 389 g/mol. The smallest absolute Gasteiger partial charge is 0.231 e. The maximum absolute atomic E-state index is 13.2. The van der Waals surface area contributed by atoms with E-state index in [1.54, 1.807) is 12.1 Å². The van der Waals surface area contributed by atoms with E-state index in [1.807, 2.05) is 17.5 Å². The van der Waals surface area contributed by atoms with Crippen molar-refractivity contribution in [1.82, 2.24) is 15.3 Å². The summed E-state index contributed by atoms with van der Waals surface area (Å²) in [5, 5.41) is 5.23. The van der Waals surface area contributed by atoms with Crippen LogP contribution < -0.4 is 16.8 Å². The molecule has 2 heterocycles. The van der Waals surface area contributed by atoms with Crippen molar-refractivity contribution in [3.05, 3.63) is 64.1 Å². The summed E-state index contributed by atoms with van der Waals surface area (Å²) in [5.41, 5.74) is 12.1. The van der Waals surface area contributed by atoms with Gasteiger partial charge in [-0.15, -0.1) is 11.3 Å². The van der Waals surface area contributed by atoms with E-state index in [2.05, 4.69) is 15.3 Å². The van der Waals surface area contributed by atoms with Crippen LogP contribution in [0.3, 0.4) is 0 Å². The van der Waals surface area contributed by atoms with Gasteiger partial charge in [0, 0.05) is 10.9 Å². The number of thiophene rings is 1.